The number of carbonyl (C=O) groups is 2. The molecule has 0 saturated carbocycles. The van der Waals surface area contributed by atoms with Gasteiger partial charge in [0.15, 0.2) is 6.10 Å². The summed E-state index contributed by atoms with van der Waals surface area (Å²) >= 11 is 0. The maximum atomic E-state index is 13.1. The molecule has 1 fully saturated rings. The predicted octanol–water partition coefficient (Wildman–Crippen LogP) is 2.26. The van der Waals surface area contributed by atoms with Crippen molar-refractivity contribution in [1.82, 2.24) is 9.21 Å². The van der Waals surface area contributed by atoms with Gasteiger partial charge < -0.3 is 25.0 Å². The largest absolute Gasteiger partial charge is 0.495 e. The Hall–Kier alpha value is -3.31. The number of piperazine rings is 1. The molecule has 11 heteroatoms. The number of aryl methyl sites for hydroxylation is 1. The van der Waals surface area contributed by atoms with E-state index in [0.29, 0.717) is 22.9 Å². The van der Waals surface area contributed by atoms with E-state index in [4.69, 9.17) is 9.47 Å². The molecule has 3 amide bonds. The molecule has 2 aromatic rings. The third kappa shape index (κ3) is 4.60. The Kier molecular flexibility index (Phi) is 6.17. The number of nitrogens with zero attached hydrogens (tertiary/aromatic N) is 2. The number of carbonyl (C=O) groups excluding carboxylic acids is 2. The Morgan fingerprint density at radius 1 is 1.15 bits per heavy atom. The van der Waals surface area contributed by atoms with Crippen LogP contribution in [0.2, 0.25) is 0 Å². The Labute approximate surface area is 192 Å². The molecule has 2 aromatic carbocycles. The number of nitrogens with one attached hydrogen (secondary N) is 2. The second-order valence-electron chi connectivity index (χ2n) is 7.93. The minimum absolute atomic E-state index is 0.0575. The van der Waals surface area contributed by atoms with Crippen LogP contribution in [0.25, 0.3) is 0 Å². The number of hydrogen-bond acceptors (Lipinski definition) is 6. The van der Waals surface area contributed by atoms with E-state index in [0.717, 1.165) is 5.56 Å². The maximum Gasteiger partial charge on any atom is 0.322 e. The van der Waals surface area contributed by atoms with Gasteiger partial charge in [0.2, 0.25) is 10.0 Å². The number of methoxy groups -OCH3 is 1. The van der Waals surface area contributed by atoms with Crippen LogP contribution < -0.4 is 20.1 Å². The molecule has 0 aliphatic carbocycles. The minimum Gasteiger partial charge on any atom is -0.495 e. The number of hydrogen-bond donors (Lipinski definition) is 2. The van der Waals surface area contributed by atoms with Gasteiger partial charge >= 0.3 is 6.03 Å². The Balaban J connectivity index is 1.42. The van der Waals surface area contributed by atoms with E-state index in [1.807, 2.05) is 19.1 Å². The molecule has 1 saturated heterocycles. The smallest absolute Gasteiger partial charge is 0.322 e. The number of sulfonamides is 1. The highest BCUT2D eigenvalue weighted by Gasteiger charge is 2.32. The summed E-state index contributed by atoms with van der Waals surface area (Å²) in [6.45, 7) is 4.31. The van der Waals surface area contributed by atoms with Crippen LogP contribution in [0.5, 0.6) is 11.5 Å². The zero-order valence-electron chi connectivity index (χ0n) is 18.6. The van der Waals surface area contributed by atoms with Crippen LogP contribution in [0.3, 0.4) is 0 Å². The van der Waals surface area contributed by atoms with Gasteiger partial charge in [-0.1, -0.05) is 6.07 Å². The molecule has 0 bridgehead atoms. The summed E-state index contributed by atoms with van der Waals surface area (Å²) in [6, 6.07) is 9.56. The molecule has 33 heavy (non-hydrogen) atoms. The van der Waals surface area contributed by atoms with Crippen LogP contribution in [0.4, 0.5) is 16.2 Å². The van der Waals surface area contributed by atoms with E-state index in [1.165, 1.54) is 29.6 Å². The first-order valence-electron chi connectivity index (χ1n) is 10.5. The monoisotopic (exact) mass is 474 g/mol. The Morgan fingerprint density at radius 2 is 1.88 bits per heavy atom. The van der Waals surface area contributed by atoms with Crippen molar-refractivity contribution < 1.29 is 27.5 Å². The number of amides is 3. The first-order valence-corrected chi connectivity index (χ1v) is 12.0. The van der Waals surface area contributed by atoms with Crippen molar-refractivity contribution in [2.24, 2.45) is 0 Å². The summed E-state index contributed by atoms with van der Waals surface area (Å²) in [5.74, 6) is 0.643. The lowest BCUT2D eigenvalue weighted by Crippen LogP contribution is -2.51. The lowest BCUT2D eigenvalue weighted by atomic mass is 10.2. The van der Waals surface area contributed by atoms with Crippen molar-refractivity contribution in [2.45, 2.75) is 24.8 Å². The van der Waals surface area contributed by atoms with E-state index in [1.54, 1.807) is 17.9 Å². The molecule has 2 heterocycles. The summed E-state index contributed by atoms with van der Waals surface area (Å²) < 4.78 is 38.4. The number of fused-ring (bicyclic) bond motifs is 1. The molecule has 1 atom stereocenters. The van der Waals surface area contributed by atoms with E-state index in [9.17, 15) is 18.0 Å². The van der Waals surface area contributed by atoms with Crippen molar-refractivity contribution >= 4 is 33.3 Å². The molecule has 0 spiro atoms. The normalized spacial score (nSPS) is 18.7. The number of anilines is 2. The van der Waals surface area contributed by atoms with E-state index in [-0.39, 0.29) is 43.0 Å². The molecule has 2 aliphatic rings. The highest BCUT2D eigenvalue weighted by Crippen LogP contribution is 2.33. The lowest BCUT2D eigenvalue weighted by molar-refractivity contribution is -0.122. The second-order valence-corrected chi connectivity index (χ2v) is 9.87. The summed E-state index contributed by atoms with van der Waals surface area (Å²) in [7, 11) is -2.27. The fourth-order valence-electron chi connectivity index (χ4n) is 3.74. The van der Waals surface area contributed by atoms with Gasteiger partial charge in [0.1, 0.15) is 11.5 Å². The Bertz CT molecular complexity index is 1190. The fourth-order valence-corrected chi connectivity index (χ4v) is 5.19. The molecule has 10 nitrogen and oxygen atoms in total. The van der Waals surface area contributed by atoms with Gasteiger partial charge in [-0.05, 0) is 49.7 Å². The van der Waals surface area contributed by atoms with Crippen LogP contribution >= 0.6 is 0 Å². The number of rotatable bonds is 4. The molecule has 0 radical (unpaired) electrons. The first kappa shape index (κ1) is 22.9. The standard InChI is InChI=1S/C22H26N4O6S/c1-14-4-6-19(31-3)17(12-14)24-22(28)25-8-10-26(11-9-25)33(29,30)16-5-7-20-18(13-16)23-21(27)15(2)32-20/h4-7,12-13,15H,8-11H2,1-3H3,(H,23,27)(H,24,28). The Morgan fingerprint density at radius 3 is 2.58 bits per heavy atom. The van der Waals surface area contributed by atoms with E-state index < -0.39 is 16.1 Å². The lowest BCUT2D eigenvalue weighted by Gasteiger charge is -2.34. The second kappa shape index (κ2) is 8.91. The van der Waals surface area contributed by atoms with Crippen LogP contribution in [0.15, 0.2) is 41.3 Å². The number of urea groups is 1. The molecule has 2 N–H and O–H groups in total. The van der Waals surface area contributed by atoms with Gasteiger partial charge in [0.05, 0.1) is 23.4 Å². The third-order valence-corrected chi connectivity index (χ3v) is 7.54. The summed E-state index contributed by atoms with van der Waals surface area (Å²) in [6.07, 6.45) is -0.640. The van der Waals surface area contributed by atoms with Crippen molar-refractivity contribution in [2.75, 3.05) is 43.9 Å². The molecule has 4 rings (SSSR count). The van der Waals surface area contributed by atoms with Gasteiger partial charge in [0, 0.05) is 26.2 Å². The van der Waals surface area contributed by atoms with Crippen LogP contribution in [0, 0.1) is 6.92 Å². The maximum absolute atomic E-state index is 13.1. The molecule has 176 valence electrons. The molecular formula is C22H26N4O6S. The molecule has 2 aliphatic heterocycles. The number of ether oxygens (including phenoxy) is 2. The van der Waals surface area contributed by atoms with Gasteiger partial charge in [-0.25, -0.2) is 13.2 Å². The van der Waals surface area contributed by atoms with Crippen LogP contribution in [0.1, 0.15) is 12.5 Å². The highest BCUT2D eigenvalue weighted by molar-refractivity contribution is 7.89. The van der Waals surface area contributed by atoms with E-state index in [2.05, 4.69) is 10.6 Å². The fraction of sp³-hybridized carbons (Fsp3) is 0.364. The van der Waals surface area contributed by atoms with Crippen molar-refractivity contribution in [3.63, 3.8) is 0 Å². The van der Waals surface area contributed by atoms with E-state index >= 15 is 0 Å². The SMILES string of the molecule is COc1ccc(C)cc1NC(=O)N1CCN(S(=O)(=O)c2ccc3c(c2)NC(=O)C(C)O3)CC1. The minimum atomic E-state index is -3.80. The van der Waals surface area contributed by atoms with Crippen LogP contribution in [-0.2, 0) is 14.8 Å². The zero-order chi connectivity index (χ0) is 23.8. The van der Waals surface area contributed by atoms with Gasteiger partial charge in [-0.15, -0.1) is 0 Å². The van der Waals surface area contributed by atoms with Gasteiger partial charge in [0.25, 0.3) is 5.91 Å². The van der Waals surface area contributed by atoms with Gasteiger partial charge in [-0.2, -0.15) is 4.31 Å². The third-order valence-electron chi connectivity index (χ3n) is 5.64. The van der Waals surface area contributed by atoms with Crippen molar-refractivity contribution in [3.05, 3.63) is 42.0 Å². The molecular weight excluding hydrogens is 448 g/mol. The predicted molar refractivity (Wildman–Crippen MR) is 122 cm³/mol. The quantitative estimate of drug-likeness (QED) is 0.702. The van der Waals surface area contributed by atoms with Crippen molar-refractivity contribution in [3.8, 4) is 11.5 Å². The average Bonchev–Trinajstić information content (AvgIpc) is 2.79. The van der Waals surface area contributed by atoms with Gasteiger partial charge in [-0.3, -0.25) is 4.79 Å². The summed E-state index contributed by atoms with van der Waals surface area (Å²) in [5.41, 5.74) is 1.86. The molecule has 1 unspecified atom stereocenters. The highest BCUT2D eigenvalue weighted by atomic mass is 32.2. The summed E-state index contributed by atoms with van der Waals surface area (Å²) in [4.78, 5) is 26.2. The first-order chi connectivity index (χ1) is 15.7. The average molecular weight is 475 g/mol. The van der Waals surface area contributed by atoms with Crippen LogP contribution in [-0.4, -0.2) is 69.0 Å². The topological polar surface area (TPSA) is 117 Å². The molecule has 0 aromatic heterocycles. The van der Waals surface area contributed by atoms with Crippen molar-refractivity contribution in [1.29, 1.82) is 0 Å². The zero-order valence-corrected chi connectivity index (χ0v) is 19.4. The summed E-state index contributed by atoms with van der Waals surface area (Å²) in [5, 5.41) is 5.50. The number of benzene rings is 2.